The Hall–Kier alpha value is -9.13. The van der Waals surface area contributed by atoms with Gasteiger partial charge in [0.25, 0.3) is 23.6 Å². The molecule has 0 spiro atoms. The second-order valence-electron chi connectivity index (χ2n) is 22.5. The molecule has 466 valence electrons. The highest BCUT2D eigenvalue weighted by molar-refractivity contribution is 6.13. The first-order valence-electron chi connectivity index (χ1n) is 29.3. The van der Waals surface area contributed by atoms with Crippen LogP contribution in [0.25, 0.3) is 0 Å². The minimum absolute atomic E-state index is 0.0325. The maximum atomic E-state index is 14.3. The third kappa shape index (κ3) is 15.9. The summed E-state index contributed by atoms with van der Waals surface area (Å²) in [5, 5.41) is 26.2. The number of imide groups is 1. The first-order chi connectivity index (χ1) is 41.7. The van der Waals surface area contributed by atoms with E-state index in [2.05, 4.69) is 39.7 Å². The first kappa shape index (κ1) is 63.9. The molecule has 25 heteroatoms. The average Bonchev–Trinajstić information content (AvgIpc) is 1.70. The molecule has 8 rings (SSSR count). The second kappa shape index (κ2) is 29.3. The predicted molar refractivity (Wildman–Crippen MR) is 320 cm³/mol. The fourth-order valence-corrected chi connectivity index (χ4v) is 11.1. The number of urea groups is 1. The molecule has 25 nitrogen and oxygen atoms in total. The molecule has 8 N–H and O–H groups in total. The van der Waals surface area contributed by atoms with Crippen LogP contribution in [-0.2, 0) is 35.3 Å². The number of aliphatic hydroxyl groups excluding tert-OH is 1. The number of hydrogen-bond acceptors (Lipinski definition) is 16. The summed E-state index contributed by atoms with van der Waals surface area (Å²) in [5.74, 6) is -1.83. The summed E-state index contributed by atoms with van der Waals surface area (Å²) in [5.41, 5.74) is 9.09. The Balaban J connectivity index is 0.862. The molecule has 87 heavy (non-hydrogen) atoms. The predicted octanol–water partition coefficient (Wildman–Crippen LogP) is 5.27. The van der Waals surface area contributed by atoms with Crippen LogP contribution in [0.5, 0.6) is 23.0 Å². The molecule has 0 saturated carbocycles. The number of nitrogens with zero attached hydrogens (tertiary/aromatic N) is 4. The van der Waals surface area contributed by atoms with E-state index in [1.165, 1.54) is 43.4 Å². The van der Waals surface area contributed by atoms with Crippen molar-refractivity contribution in [1.82, 2.24) is 30.7 Å². The molecule has 1 unspecified atom stereocenters. The van der Waals surface area contributed by atoms with Crippen LogP contribution in [0.2, 0.25) is 0 Å². The van der Waals surface area contributed by atoms with E-state index in [0.717, 1.165) is 21.8 Å². The average molecular weight is 1200 g/mol. The van der Waals surface area contributed by atoms with Crippen molar-refractivity contribution in [2.24, 2.45) is 11.7 Å². The van der Waals surface area contributed by atoms with Gasteiger partial charge in [-0.3, -0.25) is 38.5 Å². The number of hydrogen-bond donors (Lipinski definition) is 7. The molecule has 0 bridgehead atoms. The first-order valence-corrected chi connectivity index (χ1v) is 29.3. The number of anilines is 3. The van der Waals surface area contributed by atoms with Gasteiger partial charge in [0.15, 0.2) is 29.2 Å². The van der Waals surface area contributed by atoms with Gasteiger partial charge in [0.05, 0.1) is 62.0 Å². The van der Waals surface area contributed by atoms with Crippen LogP contribution in [0.15, 0.2) is 85.0 Å². The third-order valence-corrected chi connectivity index (χ3v) is 15.8. The molecule has 5 aliphatic rings. The van der Waals surface area contributed by atoms with Crippen LogP contribution in [0, 0.1) is 5.92 Å². The number of fused-ring (bicyclic) bond motifs is 4. The number of methoxy groups -OCH3 is 2. The van der Waals surface area contributed by atoms with Crippen molar-refractivity contribution >= 4 is 70.5 Å². The van der Waals surface area contributed by atoms with E-state index < -0.39 is 54.2 Å². The zero-order valence-corrected chi connectivity index (χ0v) is 49.6. The molecule has 10 amide bonds. The van der Waals surface area contributed by atoms with E-state index >= 15 is 0 Å². The number of rotatable bonds is 28. The van der Waals surface area contributed by atoms with Gasteiger partial charge in [0.2, 0.25) is 17.7 Å². The molecule has 3 aromatic rings. The van der Waals surface area contributed by atoms with Crippen molar-refractivity contribution in [1.29, 1.82) is 0 Å². The molecular formula is C62H78N10O15. The van der Waals surface area contributed by atoms with E-state index in [0.29, 0.717) is 97.8 Å². The molecule has 5 heterocycles. The summed E-state index contributed by atoms with van der Waals surface area (Å²) < 4.78 is 29.5. The monoisotopic (exact) mass is 1200 g/mol. The van der Waals surface area contributed by atoms with Crippen molar-refractivity contribution in [3.05, 3.63) is 102 Å². The Morgan fingerprint density at radius 1 is 0.747 bits per heavy atom. The third-order valence-electron chi connectivity index (χ3n) is 15.8. The Kier molecular flexibility index (Phi) is 21.5. The minimum atomic E-state index is -1.55. The number of ether oxygens (including phenoxy) is 5. The lowest BCUT2D eigenvalue weighted by molar-refractivity contribution is -0.137. The molecule has 5 aliphatic heterocycles. The van der Waals surface area contributed by atoms with E-state index in [1.54, 1.807) is 50.2 Å². The highest BCUT2D eigenvalue weighted by Crippen LogP contribution is 2.43. The number of primary amides is 1. The van der Waals surface area contributed by atoms with Gasteiger partial charge in [-0.05, 0) is 93.5 Å². The van der Waals surface area contributed by atoms with Crippen LogP contribution in [0.3, 0.4) is 0 Å². The van der Waals surface area contributed by atoms with Crippen molar-refractivity contribution < 1.29 is 71.9 Å². The van der Waals surface area contributed by atoms with E-state index in [9.17, 15) is 48.3 Å². The largest absolute Gasteiger partial charge is 0.493 e. The highest BCUT2D eigenvalue weighted by Gasteiger charge is 2.46. The van der Waals surface area contributed by atoms with Gasteiger partial charge in [0.1, 0.15) is 18.7 Å². The summed E-state index contributed by atoms with van der Waals surface area (Å²) >= 11 is 0. The van der Waals surface area contributed by atoms with Crippen LogP contribution in [-0.4, -0.2) is 164 Å². The molecule has 0 radical (unpaired) electrons. The maximum Gasteiger partial charge on any atom is 0.416 e. The Morgan fingerprint density at radius 3 is 2.05 bits per heavy atom. The van der Waals surface area contributed by atoms with Gasteiger partial charge in [-0.2, -0.15) is 0 Å². The molecule has 5 atom stereocenters. The quantitative estimate of drug-likeness (QED) is 0.0277. The fourth-order valence-electron chi connectivity index (χ4n) is 11.1. The van der Waals surface area contributed by atoms with Gasteiger partial charge in [-0.25, -0.2) is 14.5 Å². The summed E-state index contributed by atoms with van der Waals surface area (Å²) in [7, 11) is 2.96. The van der Waals surface area contributed by atoms with Crippen LogP contribution in [0.4, 0.5) is 26.7 Å². The van der Waals surface area contributed by atoms with E-state index in [-0.39, 0.29) is 117 Å². The van der Waals surface area contributed by atoms with Crippen LogP contribution < -0.4 is 56.2 Å². The summed E-state index contributed by atoms with van der Waals surface area (Å²) in [6.07, 6.45) is 4.76. The maximum absolute atomic E-state index is 14.3. The Labute approximate surface area is 504 Å². The zero-order chi connectivity index (χ0) is 62.5. The second-order valence-corrected chi connectivity index (χ2v) is 22.5. The summed E-state index contributed by atoms with van der Waals surface area (Å²) in [6, 6.07) is 9.13. The molecule has 2 saturated heterocycles. The number of carbonyl (C=O) groups is 9. The zero-order valence-electron chi connectivity index (χ0n) is 49.6. The van der Waals surface area contributed by atoms with E-state index in [1.807, 2.05) is 4.90 Å². The van der Waals surface area contributed by atoms with E-state index in [4.69, 9.17) is 29.4 Å². The number of nitrogens with two attached hydrogens (primary N) is 1. The number of carbonyl (C=O) groups excluding carboxylic acids is 9. The van der Waals surface area contributed by atoms with Gasteiger partial charge in [0, 0.05) is 69.1 Å². The van der Waals surface area contributed by atoms with Crippen molar-refractivity contribution in [2.45, 2.75) is 121 Å². The molecule has 0 aliphatic carbocycles. The number of benzene rings is 3. The summed E-state index contributed by atoms with van der Waals surface area (Å²) in [6.45, 7) is 13.5. The van der Waals surface area contributed by atoms with Crippen molar-refractivity contribution in [3.63, 3.8) is 0 Å². The van der Waals surface area contributed by atoms with Gasteiger partial charge < -0.3 is 70.9 Å². The number of unbranched alkanes of at least 4 members (excludes halogenated alkanes) is 4. The lowest BCUT2D eigenvalue weighted by atomic mass is 10.0. The molecule has 3 aromatic carbocycles. The SMILES string of the molecule is C=C1CC2CNc3cc(OCCCCCOc4cc5c(cc4OC)C(=O)N4CC(=C)C[C@H]4[C@H](O)N5C(=O)OCc4ccc(NC(=O)[C@H](CCCNC(N)=O)NC(=O)[C@@H](NC(=O)CCCCCN5C(=O)C=CC5=O)C(C)C)cc4)c(OC)cc3C(=O)N2C1. The lowest BCUT2D eigenvalue weighted by Gasteiger charge is -2.31. The number of nitrogens with one attached hydrogen (secondary N) is 5. The van der Waals surface area contributed by atoms with Crippen LogP contribution >= 0.6 is 0 Å². The summed E-state index contributed by atoms with van der Waals surface area (Å²) in [4.78, 5) is 123. The van der Waals surface area contributed by atoms with Crippen LogP contribution in [0.1, 0.15) is 111 Å². The topological polar surface area (TPSA) is 319 Å². The molecule has 2 fully saturated rings. The standard InChI is InChI=1S/C62H78N10O15/c1-36(2)55(68-52(73)15-9-7-10-23-69-53(74)20-21-54(69)75)57(77)67-44(14-13-22-64-61(63)81)56(76)66-40-18-16-39(17-19-40)35-87-62(82)72-46-31-51(49(84-6)29-43(46)59(79)71-34-38(4)27-47(71)60(72)80)86-25-12-8-11-24-85-50-30-45-42(28-48(50)83-5)58(78)70-33-37(3)26-41(70)32-65-45/h16-21,28-31,36,41,44,47,55,60,65,80H,3-4,7-15,22-27,32-35H2,1-2,5-6H3,(H,66,76)(H,67,77)(H,68,73)(H3,63,64,81)/t41?,44-,47-,55-,60-/m0/s1. The molecular weight excluding hydrogens is 1120 g/mol. The fraction of sp³-hybridized carbons (Fsp3) is 0.468. The number of amides is 10. The van der Waals surface area contributed by atoms with Crippen molar-refractivity contribution in [3.8, 4) is 23.0 Å². The lowest BCUT2D eigenvalue weighted by Crippen LogP contribution is -2.54. The minimum Gasteiger partial charge on any atom is -0.493 e. The van der Waals surface area contributed by atoms with Gasteiger partial charge in [-0.15, -0.1) is 0 Å². The normalized spacial score (nSPS) is 18.4. The van der Waals surface area contributed by atoms with Crippen molar-refractivity contribution in [2.75, 3.05) is 75.7 Å². The number of aliphatic hydroxyl groups is 1. The smallest absolute Gasteiger partial charge is 0.416 e. The van der Waals surface area contributed by atoms with Gasteiger partial charge >= 0.3 is 12.1 Å². The van der Waals surface area contributed by atoms with Gasteiger partial charge in [-0.1, -0.05) is 56.7 Å². The Bertz CT molecular complexity index is 3150. The highest BCUT2D eigenvalue weighted by atomic mass is 16.6. The Morgan fingerprint density at radius 2 is 1.38 bits per heavy atom. The molecule has 0 aromatic heterocycles.